The van der Waals surface area contributed by atoms with Crippen molar-refractivity contribution in [2.75, 3.05) is 0 Å². The predicted molar refractivity (Wildman–Crippen MR) is 30.5 cm³/mol. The third kappa shape index (κ3) is 2.26. The number of halogens is 1. The number of carbonyl (C=O) groups is 1. The molecule has 0 saturated carbocycles. The Morgan fingerprint density at radius 2 is 2.25 bits per heavy atom. The Morgan fingerprint density at radius 1 is 1.88 bits per heavy atom. The first-order chi connectivity index (χ1) is 3.55. The van der Waals surface area contributed by atoms with Crippen LogP contribution in [-0.2, 0) is 4.79 Å². The lowest BCUT2D eigenvalue weighted by Gasteiger charge is -2.07. The van der Waals surface area contributed by atoms with Crippen molar-refractivity contribution >= 4 is 16.8 Å². The summed E-state index contributed by atoms with van der Waals surface area (Å²) < 4.78 is 0. The van der Waals surface area contributed by atoms with Crippen LogP contribution in [0.15, 0.2) is 0 Å². The minimum Gasteiger partial charge on any atom is -0.391 e. The standard InChI is InChI=1S/C4H8ClNO2/c1-2(7)3(6)4(5)8/h2-3,7H,6H2,1H3. The van der Waals surface area contributed by atoms with Gasteiger partial charge in [-0.3, -0.25) is 4.79 Å². The SMILES string of the molecule is CC(O)C(N)C(=O)Cl. The van der Waals surface area contributed by atoms with E-state index in [2.05, 4.69) is 0 Å². The Balaban J connectivity index is 3.64. The maximum Gasteiger partial charge on any atom is 0.241 e. The molecule has 0 aliphatic rings. The number of aliphatic hydroxyl groups excluding tert-OH is 1. The highest BCUT2D eigenvalue weighted by atomic mass is 35.5. The average Bonchev–Trinajstić information content (AvgIpc) is 1.64. The molecule has 3 N–H and O–H groups in total. The molecule has 0 bridgehead atoms. The summed E-state index contributed by atoms with van der Waals surface area (Å²) in [6.45, 7) is 1.41. The zero-order chi connectivity index (χ0) is 6.73. The third-order valence-electron chi connectivity index (χ3n) is 0.782. The van der Waals surface area contributed by atoms with Crippen LogP contribution in [0.2, 0.25) is 0 Å². The van der Waals surface area contributed by atoms with Crippen LogP contribution in [0.4, 0.5) is 0 Å². The molecule has 0 aromatic carbocycles. The first kappa shape index (κ1) is 7.88. The molecule has 0 aliphatic heterocycles. The highest BCUT2D eigenvalue weighted by Gasteiger charge is 2.15. The molecular formula is C4H8ClNO2. The third-order valence-corrected chi connectivity index (χ3v) is 1.03. The van der Waals surface area contributed by atoms with E-state index >= 15 is 0 Å². The second kappa shape index (κ2) is 3.02. The van der Waals surface area contributed by atoms with E-state index in [1.165, 1.54) is 6.92 Å². The van der Waals surface area contributed by atoms with Gasteiger partial charge in [-0.2, -0.15) is 0 Å². The van der Waals surface area contributed by atoms with E-state index in [4.69, 9.17) is 22.4 Å². The Morgan fingerprint density at radius 3 is 2.25 bits per heavy atom. The van der Waals surface area contributed by atoms with Gasteiger partial charge < -0.3 is 10.8 Å². The lowest BCUT2D eigenvalue weighted by atomic mass is 10.2. The lowest BCUT2D eigenvalue weighted by molar-refractivity contribution is -0.114. The molecule has 0 spiro atoms. The number of nitrogens with two attached hydrogens (primary N) is 1. The van der Waals surface area contributed by atoms with Crippen molar-refractivity contribution in [3.8, 4) is 0 Å². The van der Waals surface area contributed by atoms with Crippen molar-refractivity contribution < 1.29 is 9.90 Å². The molecule has 0 aromatic rings. The molecule has 0 amide bonds. The molecule has 48 valence electrons. The smallest absolute Gasteiger partial charge is 0.241 e. The zero-order valence-corrected chi connectivity index (χ0v) is 5.22. The van der Waals surface area contributed by atoms with Crippen LogP contribution < -0.4 is 5.73 Å². The van der Waals surface area contributed by atoms with Crippen LogP contribution in [0.3, 0.4) is 0 Å². The number of hydrogen-bond donors (Lipinski definition) is 2. The van der Waals surface area contributed by atoms with Gasteiger partial charge in [-0.1, -0.05) is 0 Å². The molecule has 0 aromatic heterocycles. The number of aliphatic hydroxyl groups is 1. The molecule has 2 atom stereocenters. The van der Waals surface area contributed by atoms with Crippen molar-refractivity contribution in [3.63, 3.8) is 0 Å². The van der Waals surface area contributed by atoms with E-state index in [0.717, 1.165) is 0 Å². The molecule has 0 fully saturated rings. The molecular weight excluding hydrogens is 130 g/mol. The second-order valence-electron chi connectivity index (χ2n) is 1.57. The Hall–Kier alpha value is -0.120. The molecule has 0 aliphatic carbocycles. The van der Waals surface area contributed by atoms with Gasteiger partial charge in [-0.25, -0.2) is 0 Å². The molecule has 0 rings (SSSR count). The van der Waals surface area contributed by atoms with Gasteiger partial charge in [-0.05, 0) is 18.5 Å². The summed E-state index contributed by atoms with van der Waals surface area (Å²) in [6.07, 6.45) is -0.861. The first-order valence-corrected chi connectivity index (χ1v) is 2.56. The summed E-state index contributed by atoms with van der Waals surface area (Å²) in [5, 5.41) is 7.85. The van der Waals surface area contributed by atoms with Gasteiger partial charge in [0, 0.05) is 0 Å². The van der Waals surface area contributed by atoms with Crippen molar-refractivity contribution in [1.82, 2.24) is 0 Å². The maximum absolute atomic E-state index is 10.1. The fourth-order valence-corrected chi connectivity index (χ4v) is 0.372. The topological polar surface area (TPSA) is 63.3 Å². The molecule has 0 heterocycles. The Kier molecular flexibility index (Phi) is 2.97. The van der Waals surface area contributed by atoms with Crippen LogP contribution in [0.25, 0.3) is 0 Å². The fraction of sp³-hybridized carbons (Fsp3) is 0.750. The minimum absolute atomic E-state index is 0.708. The Labute approximate surface area is 52.4 Å². The lowest BCUT2D eigenvalue weighted by Crippen LogP contribution is -2.37. The number of rotatable bonds is 2. The molecule has 0 radical (unpaired) electrons. The Bertz CT molecular complexity index is 94.0. The van der Waals surface area contributed by atoms with Crippen molar-refractivity contribution in [3.05, 3.63) is 0 Å². The summed E-state index contributed by atoms with van der Waals surface area (Å²) in [6, 6.07) is -0.948. The summed E-state index contributed by atoms with van der Waals surface area (Å²) in [7, 11) is 0. The van der Waals surface area contributed by atoms with E-state index in [-0.39, 0.29) is 0 Å². The normalized spacial score (nSPS) is 17.5. The first-order valence-electron chi connectivity index (χ1n) is 2.18. The highest BCUT2D eigenvalue weighted by Crippen LogP contribution is 1.92. The molecule has 4 heteroatoms. The highest BCUT2D eigenvalue weighted by molar-refractivity contribution is 6.64. The minimum atomic E-state index is -0.948. The zero-order valence-electron chi connectivity index (χ0n) is 4.47. The van der Waals surface area contributed by atoms with Gasteiger partial charge in [-0.15, -0.1) is 0 Å². The van der Waals surface area contributed by atoms with E-state index < -0.39 is 17.4 Å². The molecule has 0 saturated heterocycles. The van der Waals surface area contributed by atoms with Crippen molar-refractivity contribution in [2.24, 2.45) is 5.73 Å². The molecule has 2 unspecified atom stereocenters. The van der Waals surface area contributed by atoms with Crippen molar-refractivity contribution in [2.45, 2.75) is 19.1 Å². The average molecular weight is 138 g/mol. The maximum atomic E-state index is 10.1. The van der Waals surface area contributed by atoms with Crippen LogP contribution in [0.1, 0.15) is 6.92 Å². The van der Waals surface area contributed by atoms with Crippen molar-refractivity contribution in [1.29, 1.82) is 0 Å². The summed E-state index contributed by atoms with van der Waals surface area (Å²) in [5.74, 6) is 0. The molecule has 3 nitrogen and oxygen atoms in total. The van der Waals surface area contributed by atoms with Gasteiger partial charge in [0.1, 0.15) is 6.04 Å². The van der Waals surface area contributed by atoms with Gasteiger partial charge in [0.25, 0.3) is 0 Å². The monoisotopic (exact) mass is 137 g/mol. The van der Waals surface area contributed by atoms with Gasteiger partial charge >= 0.3 is 0 Å². The van der Waals surface area contributed by atoms with E-state index in [9.17, 15) is 4.79 Å². The summed E-state index contributed by atoms with van der Waals surface area (Å²) in [4.78, 5) is 10.1. The van der Waals surface area contributed by atoms with Crippen LogP contribution in [-0.4, -0.2) is 22.5 Å². The number of hydrogen-bond acceptors (Lipinski definition) is 3. The number of carbonyl (C=O) groups excluding carboxylic acids is 1. The summed E-state index contributed by atoms with van der Waals surface area (Å²) >= 11 is 4.90. The van der Waals surface area contributed by atoms with Gasteiger partial charge in [0.2, 0.25) is 5.24 Å². The van der Waals surface area contributed by atoms with E-state index in [1.54, 1.807) is 0 Å². The predicted octanol–water partition coefficient (Wildman–Crippen LogP) is -0.540. The van der Waals surface area contributed by atoms with Gasteiger partial charge in [0.05, 0.1) is 6.10 Å². The second-order valence-corrected chi connectivity index (χ2v) is 1.94. The van der Waals surface area contributed by atoms with Crippen LogP contribution in [0.5, 0.6) is 0 Å². The van der Waals surface area contributed by atoms with E-state index in [1.807, 2.05) is 0 Å². The van der Waals surface area contributed by atoms with Crippen LogP contribution in [0, 0.1) is 0 Å². The fourth-order valence-electron chi connectivity index (χ4n) is 0.190. The van der Waals surface area contributed by atoms with Crippen LogP contribution >= 0.6 is 11.6 Å². The summed E-state index contributed by atoms with van der Waals surface area (Å²) in [5.41, 5.74) is 5.03. The van der Waals surface area contributed by atoms with Gasteiger partial charge in [0.15, 0.2) is 0 Å². The largest absolute Gasteiger partial charge is 0.391 e. The molecule has 8 heavy (non-hydrogen) atoms. The quantitative estimate of drug-likeness (QED) is 0.503. The van der Waals surface area contributed by atoms with E-state index in [0.29, 0.717) is 0 Å².